The fourth-order valence-electron chi connectivity index (χ4n) is 3.38. The lowest BCUT2D eigenvalue weighted by Crippen LogP contribution is -2.44. The van der Waals surface area contributed by atoms with E-state index >= 15 is 0 Å². The molecular formula is C20H23ClN6. The molecule has 3 aromatic rings. The van der Waals surface area contributed by atoms with Gasteiger partial charge in [-0.15, -0.1) is 0 Å². The van der Waals surface area contributed by atoms with Gasteiger partial charge in [0.25, 0.3) is 0 Å². The zero-order chi connectivity index (χ0) is 18.6. The molecule has 0 bridgehead atoms. The molecule has 2 aromatic heterocycles. The molecule has 1 aliphatic rings. The number of benzene rings is 1. The first kappa shape index (κ1) is 18.1. The second-order valence-electron chi connectivity index (χ2n) is 6.84. The summed E-state index contributed by atoms with van der Waals surface area (Å²) in [5, 5.41) is 7.22. The number of halogens is 1. The molecule has 4 rings (SSSR count). The molecule has 0 spiro atoms. The van der Waals surface area contributed by atoms with Gasteiger partial charge in [0.1, 0.15) is 10.7 Å². The highest BCUT2D eigenvalue weighted by Gasteiger charge is 2.10. The van der Waals surface area contributed by atoms with Crippen LogP contribution in [0.2, 0.25) is 5.15 Å². The first-order valence-corrected chi connectivity index (χ1v) is 9.64. The minimum Gasteiger partial charge on any atom is -0.354 e. The molecule has 0 aliphatic carbocycles. The van der Waals surface area contributed by atoms with Crippen molar-refractivity contribution in [2.45, 2.75) is 13.3 Å². The first-order valence-electron chi connectivity index (χ1n) is 9.26. The van der Waals surface area contributed by atoms with Crippen molar-refractivity contribution in [3.05, 3.63) is 52.9 Å². The molecule has 27 heavy (non-hydrogen) atoms. The molecular weight excluding hydrogens is 360 g/mol. The highest BCUT2D eigenvalue weighted by atomic mass is 35.5. The summed E-state index contributed by atoms with van der Waals surface area (Å²) in [4.78, 5) is 15.6. The van der Waals surface area contributed by atoms with Crippen LogP contribution in [0.3, 0.4) is 0 Å². The van der Waals surface area contributed by atoms with Crippen molar-refractivity contribution >= 4 is 34.1 Å². The first-order chi connectivity index (χ1) is 13.2. The Morgan fingerprint density at radius 2 is 2.04 bits per heavy atom. The van der Waals surface area contributed by atoms with Crippen molar-refractivity contribution in [1.82, 2.24) is 25.2 Å². The number of pyridine rings is 1. The van der Waals surface area contributed by atoms with Crippen molar-refractivity contribution < 1.29 is 0 Å². The molecule has 1 fully saturated rings. The van der Waals surface area contributed by atoms with Gasteiger partial charge >= 0.3 is 0 Å². The number of nitrogens with one attached hydrogen (secondary N) is 2. The third-order valence-corrected chi connectivity index (χ3v) is 4.93. The zero-order valence-corrected chi connectivity index (χ0v) is 16.1. The summed E-state index contributed by atoms with van der Waals surface area (Å²) >= 11 is 5.96. The van der Waals surface area contributed by atoms with Crippen molar-refractivity contribution in [2.75, 3.05) is 38.0 Å². The van der Waals surface area contributed by atoms with Gasteiger partial charge < -0.3 is 15.5 Å². The van der Waals surface area contributed by atoms with Gasteiger partial charge in [-0.3, -0.25) is 0 Å². The molecule has 0 amide bonds. The SMILES string of the molecule is Cc1cc(Nc2cccc(CCN3CCNCC3)c2)c2ncc(Cl)nc2n1. The van der Waals surface area contributed by atoms with Crippen LogP contribution >= 0.6 is 11.6 Å². The van der Waals surface area contributed by atoms with E-state index in [0.717, 1.165) is 61.7 Å². The van der Waals surface area contributed by atoms with E-state index in [9.17, 15) is 0 Å². The average Bonchev–Trinajstić information content (AvgIpc) is 2.67. The molecule has 0 saturated carbocycles. The van der Waals surface area contributed by atoms with Gasteiger partial charge in [0.2, 0.25) is 0 Å². The molecule has 1 aromatic carbocycles. The van der Waals surface area contributed by atoms with Crippen LogP contribution in [-0.4, -0.2) is 52.6 Å². The van der Waals surface area contributed by atoms with E-state index in [1.54, 1.807) is 6.20 Å². The van der Waals surface area contributed by atoms with Crippen molar-refractivity contribution in [3.8, 4) is 0 Å². The normalized spacial score (nSPS) is 15.2. The van der Waals surface area contributed by atoms with Gasteiger partial charge in [0, 0.05) is 44.1 Å². The van der Waals surface area contributed by atoms with E-state index in [-0.39, 0.29) is 0 Å². The summed E-state index contributed by atoms with van der Waals surface area (Å²) in [6, 6.07) is 10.5. The Hall–Kier alpha value is -2.28. The summed E-state index contributed by atoms with van der Waals surface area (Å²) in [7, 11) is 0. The molecule has 0 atom stereocenters. The molecule has 0 unspecified atom stereocenters. The van der Waals surface area contributed by atoms with Gasteiger partial charge in [-0.2, -0.15) is 0 Å². The quantitative estimate of drug-likeness (QED) is 0.706. The van der Waals surface area contributed by atoms with E-state index in [4.69, 9.17) is 11.6 Å². The standard InChI is InChI=1S/C20H23ClN6/c1-14-11-17(19-20(24-14)26-18(21)13-23-19)25-16-4-2-3-15(12-16)5-8-27-9-6-22-7-10-27/h2-4,11-13,22H,5-10H2,1H3,(H,24,25,26). The third kappa shape index (κ3) is 4.53. The summed E-state index contributed by atoms with van der Waals surface area (Å²) in [6.45, 7) is 7.45. The Labute approximate surface area is 164 Å². The Morgan fingerprint density at radius 1 is 1.19 bits per heavy atom. The van der Waals surface area contributed by atoms with Crippen LogP contribution in [0.1, 0.15) is 11.3 Å². The fourth-order valence-corrected chi connectivity index (χ4v) is 3.51. The van der Waals surface area contributed by atoms with Gasteiger partial charge in [-0.05, 0) is 37.1 Å². The highest BCUT2D eigenvalue weighted by Crippen LogP contribution is 2.25. The highest BCUT2D eigenvalue weighted by molar-refractivity contribution is 6.29. The lowest BCUT2D eigenvalue weighted by molar-refractivity contribution is 0.244. The van der Waals surface area contributed by atoms with Crippen molar-refractivity contribution in [3.63, 3.8) is 0 Å². The second kappa shape index (κ2) is 8.17. The monoisotopic (exact) mass is 382 g/mol. The molecule has 0 radical (unpaired) electrons. The summed E-state index contributed by atoms with van der Waals surface area (Å²) in [5.41, 5.74) is 5.40. The summed E-state index contributed by atoms with van der Waals surface area (Å²) < 4.78 is 0. The number of aromatic nitrogens is 3. The van der Waals surface area contributed by atoms with Crippen molar-refractivity contribution in [2.24, 2.45) is 0 Å². The molecule has 1 aliphatic heterocycles. The van der Waals surface area contributed by atoms with Gasteiger partial charge in [0.15, 0.2) is 5.65 Å². The number of hydrogen-bond donors (Lipinski definition) is 2. The van der Waals surface area contributed by atoms with Crippen LogP contribution in [0.15, 0.2) is 36.5 Å². The number of rotatable bonds is 5. The third-order valence-electron chi connectivity index (χ3n) is 4.75. The number of fused-ring (bicyclic) bond motifs is 1. The average molecular weight is 383 g/mol. The molecule has 2 N–H and O–H groups in total. The topological polar surface area (TPSA) is 66.0 Å². The van der Waals surface area contributed by atoms with Crippen LogP contribution in [0.4, 0.5) is 11.4 Å². The smallest absolute Gasteiger partial charge is 0.182 e. The minimum absolute atomic E-state index is 0.349. The maximum atomic E-state index is 5.96. The zero-order valence-electron chi connectivity index (χ0n) is 15.4. The molecule has 140 valence electrons. The van der Waals surface area contributed by atoms with Crippen molar-refractivity contribution in [1.29, 1.82) is 0 Å². The predicted octanol–water partition coefficient (Wildman–Crippen LogP) is 3.18. The van der Waals surface area contributed by atoms with E-state index in [2.05, 4.69) is 54.8 Å². The van der Waals surface area contributed by atoms with E-state index in [1.807, 2.05) is 13.0 Å². The minimum atomic E-state index is 0.349. The van der Waals surface area contributed by atoms with Crippen LogP contribution in [-0.2, 0) is 6.42 Å². The largest absolute Gasteiger partial charge is 0.354 e. The number of hydrogen-bond acceptors (Lipinski definition) is 6. The number of piperazine rings is 1. The molecule has 7 heteroatoms. The Bertz CT molecular complexity index is 934. The lowest BCUT2D eigenvalue weighted by Gasteiger charge is -2.27. The van der Waals surface area contributed by atoms with Crippen LogP contribution in [0.25, 0.3) is 11.2 Å². The van der Waals surface area contributed by atoms with E-state index < -0.39 is 0 Å². The number of aryl methyl sites for hydroxylation is 1. The summed E-state index contributed by atoms with van der Waals surface area (Å²) in [6.07, 6.45) is 2.59. The fraction of sp³-hybridized carbons (Fsp3) is 0.350. The second-order valence-corrected chi connectivity index (χ2v) is 7.23. The Balaban J connectivity index is 1.52. The maximum absolute atomic E-state index is 5.96. The molecule has 3 heterocycles. The van der Waals surface area contributed by atoms with E-state index in [0.29, 0.717) is 10.8 Å². The van der Waals surface area contributed by atoms with Gasteiger partial charge in [0.05, 0.1) is 11.9 Å². The number of nitrogens with zero attached hydrogens (tertiary/aromatic N) is 4. The molecule has 1 saturated heterocycles. The predicted molar refractivity (Wildman–Crippen MR) is 110 cm³/mol. The summed E-state index contributed by atoms with van der Waals surface area (Å²) in [5.74, 6) is 0. The lowest BCUT2D eigenvalue weighted by atomic mass is 10.1. The molecule has 6 nitrogen and oxygen atoms in total. The Kier molecular flexibility index (Phi) is 5.48. The Morgan fingerprint density at radius 3 is 2.89 bits per heavy atom. The van der Waals surface area contributed by atoms with Crippen LogP contribution in [0.5, 0.6) is 0 Å². The van der Waals surface area contributed by atoms with Gasteiger partial charge in [-0.25, -0.2) is 15.0 Å². The number of anilines is 2. The van der Waals surface area contributed by atoms with Gasteiger partial charge in [-0.1, -0.05) is 23.7 Å². The van der Waals surface area contributed by atoms with E-state index in [1.165, 1.54) is 5.56 Å². The van der Waals surface area contributed by atoms with Crippen LogP contribution < -0.4 is 10.6 Å². The maximum Gasteiger partial charge on any atom is 0.182 e. The van der Waals surface area contributed by atoms with Crippen LogP contribution in [0, 0.1) is 6.92 Å².